The van der Waals surface area contributed by atoms with Gasteiger partial charge in [-0.1, -0.05) is 6.92 Å². The molecule has 180 valence electrons. The number of anilines is 1. The molecule has 4 rings (SSSR count). The number of hydrogen-bond acceptors (Lipinski definition) is 7. The van der Waals surface area contributed by atoms with Crippen LogP contribution in [0.5, 0.6) is 0 Å². The number of rotatable bonds is 6. The molecule has 4 aromatic rings. The van der Waals surface area contributed by atoms with E-state index in [4.69, 9.17) is 5.73 Å². The predicted molar refractivity (Wildman–Crippen MR) is 126 cm³/mol. The van der Waals surface area contributed by atoms with Crippen LogP contribution >= 0.6 is 15.9 Å². The lowest BCUT2D eigenvalue weighted by Crippen LogP contribution is -2.36. The number of hydrogen-bond donors (Lipinski definition) is 1. The summed E-state index contributed by atoms with van der Waals surface area (Å²) in [6.07, 6.45) is 1.26. The highest BCUT2D eigenvalue weighted by molar-refractivity contribution is 9.10. The van der Waals surface area contributed by atoms with E-state index in [-0.39, 0.29) is 17.9 Å². The molecule has 0 aromatic carbocycles. The minimum atomic E-state index is -4.51. The number of nitrogens with two attached hydrogens (primary N) is 1. The highest BCUT2D eigenvalue weighted by Gasteiger charge is 2.32. The van der Waals surface area contributed by atoms with Gasteiger partial charge in [0.1, 0.15) is 11.5 Å². The molecule has 4 aromatic heterocycles. The maximum atomic E-state index is 13.7. The van der Waals surface area contributed by atoms with Crippen LogP contribution in [-0.2, 0) is 12.7 Å². The van der Waals surface area contributed by atoms with Crippen molar-refractivity contribution in [3.63, 3.8) is 0 Å². The zero-order chi connectivity index (χ0) is 25.2. The fourth-order valence-corrected chi connectivity index (χ4v) is 3.87. The fraction of sp³-hybridized carbons (Fsp3) is 0.217. The fourth-order valence-electron chi connectivity index (χ4n) is 3.54. The van der Waals surface area contributed by atoms with E-state index in [1.54, 1.807) is 30.6 Å². The minimum Gasteiger partial charge on any atom is -0.383 e. The lowest BCUT2D eigenvalue weighted by Gasteiger charge is -2.30. The Kier molecular flexibility index (Phi) is 6.92. The normalized spacial score (nSPS) is 12.5. The van der Waals surface area contributed by atoms with Crippen molar-refractivity contribution in [1.29, 1.82) is 0 Å². The van der Waals surface area contributed by atoms with Crippen molar-refractivity contribution in [2.75, 3.05) is 5.73 Å². The van der Waals surface area contributed by atoms with Gasteiger partial charge in [-0.25, -0.2) is 19.9 Å². The van der Waals surface area contributed by atoms with Crippen molar-refractivity contribution in [2.24, 2.45) is 0 Å². The van der Waals surface area contributed by atoms with Crippen LogP contribution in [0.1, 0.15) is 47.0 Å². The number of pyridine rings is 3. The maximum Gasteiger partial charge on any atom is 0.417 e. The Bertz CT molecular complexity index is 1350. The third kappa shape index (κ3) is 5.37. The first-order valence-electron chi connectivity index (χ1n) is 10.5. The van der Waals surface area contributed by atoms with Crippen molar-refractivity contribution < 1.29 is 18.0 Å². The van der Waals surface area contributed by atoms with Gasteiger partial charge in [0.2, 0.25) is 0 Å². The van der Waals surface area contributed by atoms with Gasteiger partial charge in [0.15, 0.2) is 5.82 Å². The van der Waals surface area contributed by atoms with Crippen molar-refractivity contribution in [3.05, 3.63) is 82.4 Å². The van der Waals surface area contributed by atoms with E-state index in [1.165, 1.54) is 17.2 Å². The molecule has 0 aliphatic carbocycles. The molecular weight excluding hydrogens is 527 g/mol. The van der Waals surface area contributed by atoms with Gasteiger partial charge in [0.25, 0.3) is 5.91 Å². The Morgan fingerprint density at radius 2 is 1.86 bits per heavy atom. The maximum absolute atomic E-state index is 13.7. The lowest BCUT2D eigenvalue weighted by molar-refractivity contribution is -0.137. The van der Waals surface area contributed by atoms with Crippen LogP contribution in [0.15, 0.2) is 59.6 Å². The molecular formula is C23H19BrF3N7O. The third-order valence-corrected chi connectivity index (χ3v) is 5.93. The molecule has 0 fully saturated rings. The van der Waals surface area contributed by atoms with Crippen LogP contribution in [0.4, 0.5) is 19.0 Å². The van der Waals surface area contributed by atoms with E-state index in [0.29, 0.717) is 33.4 Å². The summed E-state index contributed by atoms with van der Waals surface area (Å²) in [4.78, 5) is 36.1. The zero-order valence-electron chi connectivity index (χ0n) is 18.4. The molecule has 0 aliphatic rings. The van der Waals surface area contributed by atoms with Gasteiger partial charge in [0, 0.05) is 24.0 Å². The molecule has 0 saturated heterocycles. The zero-order valence-corrected chi connectivity index (χ0v) is 20.0. The SMILES string of the molecule is CCC(c1ncccn1)N(Cc1ccc(C(F)(F)F)cn1)C(=O)c1cc2cc(Br)c(N)nc2cn1. The summed E-state index contributed by atoms with van der Waals surface area (Å²) in [7, 11) is 0. The van der Waals surface area contributed by atoms with Gasteiger partial charge in [-0.15, -0.1) is 0 Å². The molecule has 8 nitrogen and oxygen atoms in total. The number of nitrogen functional groups attached to an aromatic ring is 1. The average Bonchev–Trinajstić information content (AvgIpc) is 2.84. The van der Waals surface area contributed by atoms with Crippen LogP contribution < -0.4 is 5.73 Å². The van der Waals surface area contributed by atoms with Crippen molar-refractivity contribution in [3.8, 4) is 0 Å². The van der Waals surface area contributed by atoms with Gasteiger partial charge in [-0.2, -0.15) is 13.2 Å². The first-order chi connectivity index (χ1) is 16.7. The molecule has 35 heavy (non-hydrogen) atoms. The molecule has 0 radical (unpaired) electrons. The number of aromatic nitrogens is 5. The van der Waals surface area contributed by atoms with Crippen LogP contribution in [0.3, 0.4) is 0 Å². The molecule has 0 aliphatic heterocycles. The molecule has 4 heterocycles. The number of nitrogens with zero attached hydrogens (tertiary/aromatic N) is 6. The van der Waals surface area contributed by atoms with Gasteiger partial charge in [-0.3, -0.25) is 9.78 Å². The molecule has 0 spiro atoms. The number of carbonyl (C=O) groups is 1. The number of carbonyl (C=O) groups excluding carboxylic acids is 1. The summed E-state index contributed by atoms with van der Waals surface area (Å²) < 4.78 is 39.5. The van der Waals surface area contributed by atoms with Gasteiger partial charge < -0.3 is 10.6 Å². The van der Waals surface area contributed by atoms with E-state index < -0.39 is 23.7 Å². The van der Waals surface area contributed by atoms with Gasteiger partial charge in [0.05, 0.1) is 40.0 Å². The van der Waals surface area contributed by atoms with E-state index in [0.717, 1.165) is 12.3 Å². The average molecular weight is 546 g/mol. The van der Waals surface area contributed by atoms with E-state index in [9.17, 15) is 18.0 Å². The third-order valence-electron chi connectivity index (χ3n) is 5.29. The predicted octanol–water partition coefficient (Wildman–Crippen LogP) is 4.97. The molecule has 1 amide bonds. The van der Waals surface area contributed by atoms with Crippen LogP contribution in [0, 0.1) is 0 Å². The smallest absolute Gasteiger partial charge is 0.383 e. The van der Waals surface area contributed by atoms with E-state index >= 15 is 0 Å². The second-order valence-corrected chi connectivity index (χ2v) is 8.47. The lowest BCUT2D eigenvalue weighted by atomic mass is 10.1. The van der Waals surface area contributed by atoms with Gasteiger partial charge >= 0.3 is 6.18 Å². The Balaban J connectivity index is 1.74. The molecule has 1 atom stereocenters. The van der Waals surface area contributed by atoms with Gasteiger partial charge in [-0.05, 0) is 52.7 Å². The highest BCUT2D eigenvalue weighted by atomic mass is 79.9. The molecule has 1 unspecified atom stereocenters. The van der Waals surface area contributed by atoms with Crippen molar-refractivity contribution in [2.45, 2.75) is 32.1 Å². The minimum absolute atomic E-state index is 0.0723. The van der Waals surface area contributed by atoms with Crippen LogP contribution in [-0.4, -0.2) is 35.7 Å². The van der Waals surface area contributed by atoms with Crippen molar-refractivity contribution in [1.82, 2.24) is 29.8 Å². The van der Waals surface area contributed by atoms with E-state index in [1.807, 2.05) is 6.92 Å². The number of fused-ring (bicyclic) bond motifs is 1. The summed E-state index contributed by atoms with van der Waals surface area (Å²) >= 11 is 3.33. The van der Waals surface area contributed by atoms with Crippen LogP contribution in [0.2, 0.25) is 0 Å². The summed E-state index contributed by atoms with van der Waals surface area (Å²) in [5.74, 6) is 0.231. The number of amides is 1. The quantitative estimate of drug-likeness (QED) is 0.364. The summed E-state index contributed by atoms with van der Waals surface area (Å²) in [6.45, 7) is 1.79. The molecule has 0 bridgehead atoms. The Morgan fingerprint density at radius 1 is 1.11 bits per heavy atom. The Hall–Kier alpha value is -3.67. The van der Waals surface area contributed by atoms with E-state index in [2.05, 4.69) is 40.8 Å². The molecule has 12 heteroatoms. The second kappa shape index (κ2) is 9.90. The topological polar surface area (TPSA) is 111 Å². The Labute approximate surface area is 206 Å². The summed E-state index contributed by atoms with van der Waals surface area (Å²) in [6, 6.07) is 6.59. The number of halogens is 4. The highest BCUT2D eigenvalue weighted by Crippen LogP contribution is 2.30. The summed E-state index contributed by atoms with van der Waals surface area (Å²) in [5.41, 5.74) is 5.87. The van der Waals surface area contributed by atoms with Crippen LogP contribution in [0.25, 0.3) is 10.9 Å². The molecule has 2 N–H and O–H groups in total. The first kappa shape index (κ1) is 24.5. The number of alkyl halides is 3. The monoisotopic (exact) mass is 545 g/mol. The summed E-state index contributed by atoms with van der Waals surface area (Å²) in [5, 5.41) is 0.640. The molecule has 0 saturated carbocycles. The first-order valence-corrected chi connectivity index (χ1v) is 11.3. The second-order valence-electron chi connectivity index (χ2n) is 7.62. The Morgan fingerprint density at radius 3 is 2.49 bits per heavy atom. The standard InChI is InChI=1S/C23H19BrF3N7O/c1-2-19(21-29-6-3-7-30-21)34(12-15-5-4-14(10-31-15)23(25,26)27)22(35)17-9-13-8-16(24)20(28)33-18(13)11-32-17/h3-11,19H,2,12H2,1H3,(H2,28,33). The van der Waals surface area contributed by atoms with Crippen molar-refractivity contribution >= 4 is 38.6 Å². The largest absolute Gasteiger partial charge is 0.417 e.